The predicted octanol–water partition coefficient (Wildman–Crippen LogP) is 0.758. The zero-order chi connectivity index (χ0) is 13.7. The summed E-state index contributed by atoms with van der Waals surface area (Å²) in [4.78, 5) is 4.41. The number of aryl methyl sites for hydroxylation is 1. The molecule has 6 nitrogen and oxygen atoms in total. The Kier molecular flexibility index (Phi) is 2.51. The van der Waals surface area contributed by atoms with Crippen molar-refractivity contribution >= 4 is 9.84 Å². The minimum Gasteiger partial charge on any atom is -0.340 e. The topological polar surface area (TPSA) is 99.1 Å². The van der Waals surface area contributed by atoms with Gasteiger partial charge in [-0.25, -0.2) is 8.42 Å². The second-order valence-corrected chi connectivity index (χ2v) is 6.75. The number of rotatable bonds is 1. The highest BCUT2D eigenvalue weighted by Gasteiger charge is 2.43. The van der Waals surface area contributed by atoms with E-state index in [1.165, 1.54) is 0 Å². The van der Waals surface area contributed by atoms with Crippen molar-refractivity contribution in [3.8, 4) is 0 Å². The Bertz CT molecular complexity index is 738. The molecule has 7 heteroatoms. The maximum atomic E-state index is 12.1. The summed E-state index contributed by atoms with van der Waals surface area (Å²) in [5, 5.41) is 3.85. The first-order valence-electron chi connectivity index (χ1n) is 5.85. The van der Waals surface area contributed by atoms with Gasteiger partial charge in [0.2, 0.25) is 5.89 Å². The summed E-state index contributed by atoms with van der Waals surface area (Å²) in [7, 11) is -3.28. The highest BCUT2D eigenvalue weighted by Crippen LogP contribution is 2.38. The number of benzene rings is 1. The van der Waals surface area contributed by atoms with Crippen LogP contribution in [0.3, 0.4) is 0 Å². The van der Waals surface area contributed by atoms with Crippen molar-refractivity contribution < 1.29 is 12.9 Å². The molecule has 1 aliphatic rings. The monoisotopic (exact) mass is 279 g/mol. The van der Waals surface area contributed by atoms with E-state index in [4.69, 9.17) is 10.3 Å². The van der Waals surface area contributed by atoms with Crippen molar-refractivity contribution in [1.82, 2.24) is 10.1 Å². The first kappa shape index (κ1) is 12.3. The molecule has 2 heterocycles. The molecule has 1 aromatic carbocycles. The Morgan fingerprint density at radius 2 is 2.11 bits per heavy atom. The van der Waals surface area contributed by atoms with Crippen LogP contribution in [0, 0.1) is 6.92 Å². The lowest BCUT2D eigenvalue weighted by Gasteiger charge is -2.32. The molecule has 0 spiro atoms. The van der Waals surface area contributed by atoms with Crippen LogP contribution < -0.4 is 5.73 Å². The van der Waals surface area contributed by atoms with Gasteiger partial charge >= 0.3 is 0 Å². The third-order valence-electron chi connectivity index (χ3n) is 3.39. The lowest BCUT2D eigenvalue weighted by Crippen LogP contribution is -2.45. The lowest BCUT2D eigenvalue weighted by atomic mass is 9.87. The summed E-state index contributed by atoms with van der Waals surface area (Å²) in [5.41, 5.74) is 5.89. The van der Waals surface area contributed by atoms with E-state index in [2.05, 4.69) is 10.1 Å². The van der Waals surface area contributed by atoms with Gasteiger partial charge in [-0.3, -0.25) is 0 Å². The Morgan fingerprint density at radius 3 is 2.79 bits per heavy atom. The van der Waals surface area contributed by atoms with Crippen LogP contribution in [-0.4, -0.2) is 24.3 Å². The molecule has 1 aromatic heterocycles. The fourth-order valence-corrected chi connectivity index (χ4v) is 4.04. The molecule has 19 heavy (non-hydrogen) atoms. The third-order valence-corrected chi connectivity index (χ3v) is 5.16. The van der Waals surface area contributed by atoms with Crippen molar-refractivity contribution in [1.29, 1.82) is 0 Å². The standard InChI is InChI=1S/C12H13N3O3S/c1-8-14-11(15-18-8)12(13)6-7-19(16,17)10-5-3-2-4-9(10)12/h2-5H,6-7,13H2,1H3. The molecule has 1 atom stereocenters. The Balaban J connectivity index is 2.26. The van der Waals surface area contributed by atoms with Gasteiger partial charge in [-0.05, 0) is 18.1 Å². The normalized spacial score (nSPS) is 24.9. The zero-order valence-electron chi connectivity index (χ0n) is 10.3. The molecule has 0 saturated carbocycles. The van der Waals surface area contributed by atoms with E-state index >= 15 is 0 Å². The average molecular weight is 279 g/mol. The van der Waals surface area contributed by atoms with Crippen LogP contribution >= 0.6 is 0 Å². The number of aromatic nitrogens is 2. The predicted molar refractivity (Wildman–Crippen MR) is 67.1 cm³/mol. The highest BCUT2D eigenvalue weighted by atomic mass is 32.2. The van der Waals surface area contributed by atoms with Crippen LogP contribution in [0.1, 0.15) is 23.7 Å². The summed E-state index contributed by atoms with van der Waals surface area (Å²) in [6.07, 6.45) is 0.241. The molecular weight excluding hydrogens is 266 g/mol. The molecule has 0 fully saturated rings. The third kappa shape index (κ3) is 1.77. The van der Waals surface area contributed by atoms with E-state index in [-0.39, 0.29) is 17.1 Å². The summed E-state index contributed by atoms with van der Waals surface area (Å²) < 4.78 is 29.1. The quantitative estimate of drug-likeness (QED) is 0.827. The SMILES string of the molecule is Cc1nc(C2(N)CCS(=O)(=O)c3ccccc32)no1. The molecule has 1 unspecified atom stereocenters. The summed E-state index contributed by atoms with van der Waals surface area (Å²) in [6.45, 7) is 1.67. The van der Waals surface area contributed by atoms with E-state index in [1.807, 2.05) is 0 Å². The Labute approximate surface area is 110 Å². The van der Waals surface area contributed by atoms with Crippen molar-refractivity contribution in [2.24, 2.45) is 5.73 Å². The molecule has 100 valence electrons. The molecule has 0 aliphatic carbocycles. The second kappa shape index (κ2) is 3.88. The lowest BCUT2D eigenvalue weighted by molar-refractivity contribution is 0.365. The number of hydrogen-bond donors (Lipinski definition) is 1. The van der Waals surface area contributed by atoms with Crippen LogP contribution in [0.15, 0.2) is 33.7 Å². The van der Waals surface area contributed by atoms with Crippen LogP contribution in [0.25, 0.3) is 0 Å². The number of sulfone groups is 1. The molecule has 3 rings (SSSR count). The van der Waals surface area contributed by atoms with Crippen LogP contribution in [-0.2, 0) is 15.4 Å². The van der Waals surface area contributed by atoms with Crippen molar-refractivity contribution in [2.75, 3.05) is 5.75 Å². The Morgan fingerprint density at radius 1 is 1.37 bits per heavy atom. The van der Waals surface area contributed by atoms with E-state index in [9.17, 15) is 8.42 Å². The summed E-state index contributed by atoms with van der Waals surface area (Å²) >= 11 is 0. The minimum absolute atomic E-state index is 0.0197. The number of nitrogens with two attached hydrogens (primary N) is 1. The van der Waals surface area contributed by atoms with Gasteiger partial charge in [0.25, 0.3) is 0 Å². The van der Waals surface area contributed by atoms with E-state index < -0.39 is 15.4 Å². The largest absolute Gasteiger partial charge is 0.340 e. The van der Waals surface area contributed by atoms with Gasteiger partial charge in [-0.2, -0.15) is 4.98 Å². The number of nitrogens with zero attached hydrogens (tertiary/aromatic N) is 2. The van der Waals surface area contributed by atoms with Crippen molar-refractivity contribution in [3.63, 3.8) is 0 Å². The van der Waals surface area contributed by atoms with Gasteiger partial charge in [0, 0.05) is 6.92 Å². The first-order chi connectivity index (χ1) is 8.93. The summed E-state index contributed by atoms with van der Waals surface area (Å²) in [6, 6.07) is 6.72. The van der Waals surface area contributed by atoms with Gasteiger partial charge in [0.1, 0.15) is 5.54 Å². The van der Waals surface area contributed by atoms with Gasteiger partial charge in [-0.1, -0.05) is 23.4 Å². The van der Waals surface area contributed by atoms with Crippen molar-refractivity contribution in [2.45, 2.75) is 23.8 Å². The summed E-state index contributed by atoms with van der Waals surface area (Å²) in [5.74, 6) is 0.715. The molecule has 2 aromatic rings. The number of fused-ring (bicyclic) bond motifs is 1. The zero-order valence-corrected chi connectivity index (χ0v) is 11.1. The minimum atomic E-state index is -3.28. The smallest absolute Gasteiger partial charge is 0.223 e. The maximum Gasteiger partial charge on any atom is 0.223 e. The fraction of sp³-hybridized carbons (Fsp3) is 0.333. The van der Waals surface area contributed by atoms with Crippen molar-refractivity contribution in [3.05, 3.63) is 41.5 Å². The van der Waals surface area contributed by atoms with Crippen LogP contribution in [0.5, 0.6) is 0 Å². The second-order valence-electron chi connectivity index (χ2n) is 4.67. The molecule has 2 N–H and O–H groups in total. The first-order valence-corrected chi connectivity index (χ1v) is 7.51. The molecule has 0 radical (unpaired) electrons. The van der Waals surface area contributed by atoms with Crippen LogP contribution in [0.4, 0.5) is 0 Å². The van der Waals surface area contributed by atoms with E-state index in [1.54, 1.807) is 31.2 Å². The maximum absolute atomic E-state index is 12.1. The van der Waals surface area contributed by atoms with Gasteiger partial charge < -0.3 is 10.3 Å². The molecule has 0 bridgehead atoms. The highest BCUT2D eigenvalue weighted by molar-refractivity contribution is 7.91. The van der Waals surface area contributed by atoms with Gasteiger partial charge in [-0.15, -0.1) is 0 Å². The van der Waals surface area contributed by atoms with E-state index in [0.717, 1.165) is 0 Å². The number of hydrogen-bond acceptors (Lipinski definition) is 6. The van der Waals surface area contributed by atoms with Gasteiger partial charge in [0.15, 0.2) is 15.7 Å². The fourth-order valence-electron chi connectivity index (χ4n) is 2.36. The molecule has 1 aliphatic heterocycles. The Hall–Kier alpha value is -1.73. The van der Waals surface area contributed by atoms with Gasteiger partial charge in [0.05, 0.1) is 10.6 Å². The van der Waals surface area contributed by atoms with E-state index in [0.29, 0.717) is 17.3 Å². The molecule has 0 saturated heterocycles. The average Bonchev–Trinajstić information content (AvgIpc) is 2.82. The molecule has 0 amide bonds. The molecular formula is C12H13N3O3S. The van der Waals surface area contributed by atoms with Crippen LogP contribution in [0.2, 0.25) is 0 Å².